The number of benzene rings is 1. The summed E-state index contributed by atoms with van der Waals surface area (Å²) >= 11 is 0. The van der Waals surface area contributed by atoms with Gasteiger partial charge in [-0.2, -0.15) is 0 Å². The molecule has 1 aliphatic heterocycles. The molecule has 19 heavy (non-hydrogen) atoms. The standard InChI is InChI=1S/C16H26N2O/c1-13-15(8-10-19-13)11-18-12-16-6-4-3-5-14(16)7-9-17-2/h3-6,13,15,17-18H,7-12H2,1-2H3. The van der Waals surface area contributed by atoms with E-state index in [4.69, 9.17) is 4.74 Å². The number of likely N-dealkylation sites (N-methyl/N-ethyl adjacent to an activating group) is 1. The molecule has 1 aliphatic rings. The molecule has 0 spiro atoms. The molecule has 0 aromatic heterocycles. The van der Waals surface area contributed by atoms with Crippen molar-refractivity contribution in [2.75, 3.05) is 26.7 Å². The summed E-state index contributed by atoms with van der Waals surface area (Å²) in [5.41, 5.74) is 2.87. The Morgan fingerprint density at radius 2 is 2.05 bits per heavy atom. The van der Waals surface area contributed by atoms with Gasteiger partial charge in [0.05, 0.1) is 6.10 Å². The normalized spacial score (nSPS) is 22.8. The number of hydrogen-bond acceptors (Lipinski definition) is 3. The predicted octanol–water partition coefficient (Wildman–Crippen LogP) is 1.96. The van der Waals surface area contributed by atoms with E-state index in [0.29, 0.717) is 12.0 Å². The van der Waals surface area contributed by atoms with Crippen LogP contribution in [0.3, 0.4) is 0 Å². The third-order valence-electron chi connectivity index (χ3n) is 4.02. The minimum absolute atomic E-state index is 0.409. The van der Waals surface area contributed by atoms with Crippen molar-refractivity contribution < 1.29 is 4.74 Å². The van der Waals surface area contributed by atoms with Gasteiger partial charge in [-0.25, -0.2) is 0 Å². The summed E-state index contributed by atoms with van der Waals surface area (Å²) in [5.74, 6) is 0.671. The Balaban J connectivity index is 1.81. The Morgan fingerprint density at radius 3 is 2.74 bits per heavy atom. The van der Waals surface area contributed by atoms with E-state index in [1.807, 2.05) is 7.05 Å². The SMILES string of the molecule is CNCCc1ccccc1CNCC1CCOC1C. The van der Waals surface area contributed by atoms with Gasteiger partial charge in [0.15, 0.2) is 0 Å². The first kappa shape index (κ1) is 14.5. The molecule has 0 saturated carbocycles. The first-order chi connectivity index (χ1) is 9.31. The molecule has 0 bridgehead atoms. The summed E-state index contributed by atoms with van der Waals surface area (Å²) in [6.45, 7) is 6.15. The summed E-state index contributed by atoms with van der Waals surface area (Å²) < 4.78 is 5.60. The van der Waals surface area contributed by atoms with Crippen molar-refractivity contribution in [3.8, 4) is 0 Å². The quantitative estimate of drug-likeness (QED) is 0.788. The highest BCUT2D eigenvalue weighted by molar-refractivity contribution is 5.27. The number of hydrogen-bond donors (Lipinski definition) is 2. The fraction of sp³-hybridized carbons (Fsp3) is 0.625. The van der Waals surface area contributed by atoms with E-state index in [1.165, 1.54) is 17.5 Å². The predicted molar refractivity (Wildman–Crippen MR) is 79.3 cm³/mol. The van der Waals surface area contributed by atoms with Crippen molar-refractivity contribution in [3.05, 3.63) is 35.4 Å². The maximum Gasteiger partial charge on any atom is 0.0588 e. The molecule has 2 unspecified atom stereocenters. The first-order valence-corrected chi connectivity index (χ1v) is 7.35. The Bertz CT molecular complexity index is 381. The summed E-state index contributed by atoms with van der Waals surface area (Å²) in [4.78, 5) is 0. The highest BCUT2D eigenvalue weighted by atomic mass is 16.5. The lowest BCUT2D eigenvalue weighted by molar-refractivity contribution is 0.105. The zero-order chi connectivity index (χ0) is 13.5. The molecule has 2 atom stereocenters. The van der Waals surface area contributed by atoms with Crippen LogP contribution in [0.15, 0.2) is 24.3 Å². The topological polar surface area (TPSA) is 33.3 Å². The van der Waals surface area contributed by atoms with Crippen LogP contribution in [0, 0.1) is 5.92 Å². The van der Waals surface area contributed by atoms with Crippen molar-refractivity contribution >= 4 is 0 Å². The van der Waals surface area contributed by atoms with E-state index in [-0.39, 0.29) is 0 Å². The van der Waals surface area contributed by atoms with Crippen molar-refractivity contribution in [3.63, 3.8) is 0 Å². The molecule has 1 aromatic carbocycles. The van der Waals surface area contributed by atoms with Crippen molar-refractivity contribution in [1.29, 1.82) is 0 Å². The molecule has 1 heterocycles. The lowest BCUT2D eigenvalue weighted by Gasteiger charge is -2.16. The lowest BCUT2D eigenvalue weighted by Crippen LogP contribution is -2.27. The first-order valence-electron chi connectivity index (χ1n) is 7.35. The fourth-order valence-corrected chi connectivity index (χ4v) is 2.67. The molecule has 0 radical (unpaired) electrons. The van der Waals surface area contributed by atoms with E-state index in [9.17, 15) is 0 Å². The number of ether oxygens (including phenoxy) is 1. The molecule has 1 aromatic rings. The second-order valence-electron chi connectivity index (χ2n) is 5.38. The van der Waals surface area contributed by atoms with E-state index in [1.54, 1.807) is 0 Å². The van der Waals surface area contributed by atoms with Crippen LogP contribution in [0.1, 0.15) is 24.5 Å². The van der Waals surface area contributed by atoms with Gasteiger partial charge in [-0.3, -0.25) is 0 Å². The monoisotopic (exact) mass is 262 g/mol. The molecular formula is C16H26N2O. The summed E-state index contributed by atoms with van der Waals surface area (Å²) in [6.07, 6.45) is 2.69. The molecule has 1 saturated heterocycles. The Kier molecular flexibility index (Phi) is 5.83. The Morgan fingerprint density at radius 1 is 1.26 bits per heavy atom. The van der Waals surface area contributed by atoms with Gasteiger partial charge in [-0.1, -0.05) is 24.3 Å². The van der Waals surface area contributed by atoms with Crippen LogP contribution in [-0.4, -0.2) is 32.8 Å². The van der Waals surface area contributed by atoms with Gasteiger partial charge in [0.1, 0.15) is 0 Å². The van der Waals surface area contributed by atoms with E-state index >= 15 is 0 Å². The van der Waals surface area contributed by atoms with Gasteiger partial charge in [0, 0.05) is 19.7 Å². The second kappa shape index (κ2) is 7.63. The van der Waals surface area contributed by atoms with Crippen molar-refractivity contribution in [1.82, 2.24) is 10.6 Å². The summed E-state index contributed by atoms with van der Waals surface area (Å²) in [6, 6.07) is 8.71. The van der Waals surface area contributed by atoms with E-state index in [0.717, 1.165) is 32.7 Å². The Hall–Kier alpha value is -0.900. The second-order valence-corrected chi connectivity index (χ2v) is 5.38. The zero-order valence-electron chi connectivity index (χ0n) is 12.1. The average Bonchev–Trinajstić information content (AvgIpc) is 2.83. The van der Waals surface area contributed by atoms with Crippen LogP contribution < -0.4 is 10.6 Å². The van der Waals surface area contributed by atoms with Crippen LogP contribution in [0.2, 0.25) is 0 Å². The maximum absolute atomic E-state index is 5.60. The van der Waals surface area contributed by atoms with Gasteiger partial charge in [0.2, 0.25) is 0 Å². The van der Waals surface area contributed by atoms with Crippen LogP contribution in [0.25, 0.3) is 0 Å². The molecule has 3 heteroatoms. The van der Waals surface area contributed by atoms with E-state index in [2.05, 4.69) is 41.8 Å². The summed E-state index contributed by atoms with van der Waals surface area (Å²) in [5, 5.41) is 6.80. The zero-order valence-corrected chi connectivity index (χ0v) is 12.1. The van der Waals surface area contributed by atoms with Gasteiger partial charge < -0.3 is 15.4 Å². The molecule has 3 nitrogen and oxygen atoms in total. The van der Waals surface area contributed by atoms with Gasteiger partial charge in [-0.05, 0) is 50.4 Å². The molecule has 0 aliphatic carbocycles. The number of nitrogens with one attached hydrogen (secondary N) is 2. The molecule has 2 N–H and O–H groups in total. The molecular weight excluding hydrogens is 236 g/mol. The smallest absolute Gasteiger partial charge is 0.0588 e. The Labute approximate surface area is 116 Å². The van der Waals surface area contributed by atoms with Crippen LogP contribution in [0.4, 0.5) is 0 Å². The average molecular weight is 262 g/mol. The minimum atomic E-state index is 0.409. The highest BCUT2D eigenvalue weighted by Gasteiger charge is 2.23. The van der Waals surface area contributed by atoms with Crippen molar-refractivity contribution in [2.45, 2.75) is 32.4 Å². The molecule has 1 fully saturated rings. The molecule has 106 valence electrons. The molecule has 2 rings (SSSR count). The van der Waals surface area contributed by atoms with Crippen LogP contribution >= 0.6 is 0 Å². The minimum Gasteiger partial charge on any atom is -0.378 e. The third-order valence-corrected chi connectivity index (χ3v) is 4.02. The lowest BCUT2D eigenvalue weighted by atomic mass is 10.0. The summed E-state index contributed by atoms with van der Waals surface area (Å²) in [7, 11) is 2.00. The van der Waals surface area contributed by atoms with Crippen LogP contribution in [-0.2, 0) is 17.7 Å². The van der Waals surface area contributed by atoms with Gasteiger partial charge in [-0.15, -0.1) is 0 Å². The maximum atomic E-state index is 5.60. The highest BCUT2D eigenvalue weighted by Crippen LogP contribution is 2.19. The third kappa shape index (κ3) is 4.30. The largest absolute Gasteiger partial charge is 0.378 e. The number of rotatable bonds is 7. The van der Waals surface area contributed by atoms with Gasteiger partial charge in [0.25, 0.3) is 0 Å². The van der Waals surface area contributed by atoms with Gasteiger partial charge >= 0.3 is 0 Å². The molecule has 0 amide bonds. The van der Waals surface area contributed by atoms with Crippen molar-refractivity contribution in [2.24, 2.45) is 5.92 Å². The van der Waals surface area contributed by atoms with Crippen LogP contribution in [0.5, 0.6) is 0 Å². The van der Waals surface area contributed by atoms with E-state index < -0.39 is 0 Å². The fourth-order valence-electron chi connectivity index (χ4n) is 2.67.